The molecule has 0 spiro atoms. The molecule has 2 aromatic rings. The number of hydrogen-bond donors (Lipinski definition) is 0. The lowest BCUT2D eigenvalue weighted by molar-refractivity contribution is -0.129. The Morgan fingerprint density at radius 1 is 1.08 bits per heavy atom. The maximum absolute atomic E-state index is 12.3. The summed E-state index contributed by atoms with van der Waals surface area (Å²) in [5.41, 5.74) is 3.60. The van der Waals surface area contributed by atoms with Crippen LogP contribution in [-0.4, -0.2) is 23.9 Å². The van der Waals surface area contributed by atoms with Gasteiger partial charge in [-0.05, 0) is 37.1 Å². The zero-order valence-corrected chi connectivity index (χ0v) is 14.7. The highest BCUT2D eigenvalue weighted by atomic mass is 35.5. The van der Waals surface area contributed by atoms with Crippen LogP contribution in [-0.2, 0) is 4.79 Å². The van der Waals surface area contributed by atoms with Gasteiger partial charge in [0.15, 0.2) is 0 Å². The molecule has 5 rings (SSSR count). The van der Waals surface area contributed by atoms with E-state index in [9.17, 15) is 4.79 Å². The number of benzene rings is 2. The lowest BCUT2D eigenvalue weighted by Crippen LogP contribution is -2.38. The molecule has 5 heteroatoms. The van der Waals surface area contributed by atoms with E-state index >= 15 is 0 Å². The lowest BCUT2D eigenvalue weighted by atomic mass is 9.94. The van der Waals surface area contributed by atoms with Crippen LogP contribution in [0.2, 0.25) is 5.02 Å². The molecule has 0 aromatic heterocycles. The number of rotatable bonds is 1. The molecule has 3 nitrogen and oxygen atoms in total. The first-order valence-electron chi connectivity index (χ1n) is 8.40. The molecule has 0 aliphatic carbocycles. The molecule has 3 aliphatic rings. The van der Waals surface area contributed by atoms with Crippen LogP contribution in [0.25, 0.3) is 0 Å². The average molecular weight is 357 g/mol. The fraction of sp³-hybridized carbons (Fsp3) is 0.316. The third-order valence-corrected chi connectivity index (χ3v) is 6.66. The van der Waals surface area contributed by atoms with Gasteiger partial charge in [0, 0.05) is 39.9 Å². The highest BCUT2D eigenvalue weighted by molar-refractivity contribution is 7.99. The lowest BCUT2D eigenvalue weighted by Gasteiger charge is -2.43. The average Bonchev–Trinajstić information content (AvgIpc) is 3.03. The van der Waals surface area contributed by atoms with Crippen LogP contribution in [0.3, 0.4) is 0 Å². The number of fused-ring (bicyclic) bond motifs is 2. The molecule has 1 unspecified atom stereocenters. The third kappa shape index (κ3) is 2.02. The Labute approximate surface area is 150 Å². The van der Waals surface area contributed by atoms with E-state index in [1.54, 1.807) is 11.8 Å². The van der Waals surface area contributed by atoms with Gasteiger partial charge in [-0.1, -0.05) is 35.5 Å². The molecule has 3 aliphatic heterocycles. The Hall–Kier alpha value is -1.65. The summed E-state index contributed by atoms with van der Waals surface area (Å²) < 4.78 is 0. The zero-order chi connectivity index (χ0) is 16.3. The second-order valence-electron chi connectivity index (χ2n) is 6.52. The van der Waals surface area contributed by atoms with Crippen molar-refractivity contribution in [3.8, 4) is 0 Å². The maximum atomic E-state index is 12.3. The fourth-order valence-electron chi connectivity index (χ4n) is 4.18. The van der Waals surface area contributed by atoms with Crippen molar-refractivity contribution in [3.05, 3.63) is 47.0 Å². The molecule has 0 N–H and O–H groups in total. The molecule has 0 radical (unpaired) electrons. The number of para-hydroxylation sites is 1. The van der Waals surface area contributed by atoms with Crippen LogP contribution < -0.4 is 4.90 Å². The van der Waals surface area contributed by atoms with Crippen molar-refractivity contribution >= 4 is 40.6 Å². The summed E-state index contributed by atoms with van der Waals surface area (Å²) in [6, 6.07) is 12.7. The number of hydrogen-bond acceptors (Lipinski definition) is 3. The van der Waals surface area contributed by atoms with Gasteiger partial charge in [-0.2, -0.15) is 0 Å². The van der Waals surface area contributed by atoms with Gasteiger partial charge in [-0.15, -0.1) is 0 Å². The van der Waals surface area contributed by atoms with Crippen molar-refractivity contribution in [2.45, 2.75) is 35.1 Å². The number of likely N-dealkylation sites (tertiary alicyclic amines) is 1. The Kier molecular flexibility index (Phi) is 3.32. The van der Waals surface area contributed by atoms with E-state index in [1.165, 1.54) is 21.2 Å². The molecule has 3 heterocycles. The molecule has 2 aromatic carbocycles. The SMILES string of the molecule is O=C1CCCN1C1CCN2c3ccccc3Sc3ccc(Cl)c1c32. The highest BCUT2D eigenvalue weighted by Crippen LogP contribution is 2.55. The van der Waals surface area contributed by atoms with Crippen LogP contribution in [0.5, 0.6) is 0 Å². The van der Waals surface area contributed by atoms with E-state index in [0.717, 1.165) is 36.5 Å². The van der Waals surface area contributed by atoms with Crippen LogP contribution in [0.4, 0.5) is 11.4 Å². The quantitative estimate of drug-likeness (QED) is 0.717. The Morgan fingerprint density at radius 3 is 2.79 bits per heavy atom. The van der Waals surface area contributed by atoms with E-state index in [2.05, 4.69) is 35.2 Å². The zero-order valence-electron chi connectivity index (χ0n) is 13.2. The van der Waals surface area contributed by atoms with E-state index in [0.29, 0.717) is 6.42 Å². The monoisotopic (exact) mass is 356 g/mol. The van der Waals surface area contributed by atoms with Crippen molar-refractivity contribution in [2.75, 3.05) is 18.0 Å². The van der Waals surface area contributed by atoms with Gasteiger partial charge in [-0.25, -0.2) is 0 Å². The minimum absolute atomic E-state index is 0.115. The van der Waals surface area contributed by atoms with Gasteiger partial charge in [0.25, 0.3) is 0 Å². The molecule has 1 atom stereocenters. The topological polar surface area (TPSA) is 23.6 Å². The third-order valence-electron chi connectivity index (χ3n) is 5.22. The summed E-state index contributed by atoms with van der Waals surface area (Å²) in [7, 11) is 0. The maximum Gasteiger partial charge on any atom is 0.223 e. The van der Waals surface area contributed by atoms with Crippen LogP contribution in [0.15, 0.2) is 46.2 Å². The smallest absolute Gasteiger partial charge is 0.223 e. The first kappa shape index (κ1) is 14.7. The summed E-state index contributed by atoms with van der Waals surface area (Å²) in [5.74, 6) is 0.269. The van der Waals surface area contributed by atoms with Crippen LogP contribution >= 0.6 is 23.4 Å². The Morgan fingerprint density at radius 2 is 1.96 bits per heavy atom. The molecule has 1 fully saturated rings. The minimum Gasteiger partial charge on any atom is -0.339 e. The molecule has 1 saturated heterocycles. The van der Waals surface area contributed by atoms with Gasteiger partial charge < -0.3 is 9.80 Å². The van der Waals surface area contributed by atoms with Crippen molar-refractivity contribution in [3.63, 3.8) is 0 Å². The second-order valence-corrected chi connectivity index (χ2v) is 8.02. The summed E-state index contributed by atoms with van der Waals surface area (Å²) in [6.07, 6.45) is 2.56. The van der Waals surface area contributed by atoms with Gasteiger partial charge in [-0.3, -0.25) is 4.79 Å². The van der Waals surface area contributed by atoms with Crippen molar-refractivity contribution in [2.24, 2.45) is 0 Å². The van der Waals surface area contributed by atoms with Crippen molar-refractivity contribution in [1.29, 1.82) is 0 Å². The first-order chi connectivity index (χ1) is 11.7. The van der Waals surface area contributed by atoms with Gasteiger partial charge >= 0.3 is 0 Å². The highest BCUT2D eigenvalue weighted by Gasteiger charge is 2.39. The molecule has 0 bridgehead atoms. The second kappa shape index (κ2) is 5.43. The van der Waals surface area contributed by atoms with Crippen molar-refractivity contribution in [1.82, 2.24) is 4.90 Å². The number of halogens is 1. The van der Waals surface area contributed by atoms with Crippen LogP contribution in [0, 0.1) is 0 Å². The van der Waals surface area contributed by atoms with E-state index in [-0.39, 0.29) is 11.9 Å². The molecular formula is C19H17ClN2OS. The molecule has 24 heavy (non-hydrogen) atoms. The summed E-state index contributed by atoms with van der Waals surface area (Å²) in [5, 5.41) is 0.781. The van der Waals surface area contributed by atoms with Crippen LogP contribution in [0.1, 0.15) is 30.9 Å². The van der Waals surface area contributed by atoms with E-state index in [4.69, 9.17) is 11.6 Å². The standard InChI is InChI=1S/C19H17ClN2OS/c20-12-7-8-16-19-18(12)14(21-10-3-6-17(21)23)9-11-22(19)13-4-1-2-5-15(13)24-16/h1-2,4-5,7-8,14H,3,6,9-11H2. The Balaban J connectivity index is 1.68. The number of carbonyl (C=O) groups is 1. The Bertz CT molecular complexity index is 853. The molecule has 0 saturated carbocycles. The van der Waals surface area contributed by atoms with Crippen molar-refractivity contribution < 1.29 is 4.79 Å². The molecular weight excluding hydrogens is 340 g/mol. The van der Waals surface area contributed by atoms with Gasteiger partial charge in [0.2, 0.25) is 5.91 Å². The largest absolute Gasteiger partial charge is 0.339 e. The summed E-state index contributed by atoms with van der Waals surface area (Å²) in [4.78, 5) is 19.3. The summed E-state index contributed by atoms with van der Waals surface area (Å²) >= 11 is 8.43. The normalized spacial score (nSPS) is 21.7. The molecule has 1 amide bonds. The molecule has 122 valence electrons. The van der Waals surface area contributed by atoms with Gasteiger partial charge in [0.1, 0.15) is 0 Å². The first-order valence-corrected chi connectivity index (χ1v) is 9.60. The van der Waals surface area contributed by atoms with E-state index < -0.39 is 0 Å². The fourth-order valence-corrected chi connectivity index (χ4v) is 5.58. The number of carbonyl (C=O) groups excluding carboxylic acids is 1. The minimum atomic E-state index is 0.115. The predicted octanol–water partition coefficient (Wildman–Crippen LogP) is 5.01. The van der Waals surface area contributed by atoms with E-state index in [1.807, 2.05) is 11.0 Å². The van der Waals surface area contributed by atoms with Gasteiger partial charge in [0.05, 0.1) is 17.4 Å². The number of anilines is 2. The number of nitrogens with zero attached hydrogens (tertiary/aromatic N) is 2. The summed E-state index contributed by atoms with van der Waals surface area (Å²) in [6.45, 7) is 1.78. The predicted molar refractivity (Wildman–Crippen MR) is 97.3 cm³/mol. The number of amides is 1.